The molecule has 0 bridgehead atoms. The second-order valence-corrected chi connectivity index (χ2v) is 4.87. The Morgan fingerprint density at radius 1 is 1.22 bits per heavy atom. The van der Waals surface area contributed by atoms with Gasteiger partial charge in [0.1, 0.15) is 6.61 Å². The molecule has 0 aliphatic heterocycles. The molecule has 0 spiro atoms. The first-order valence-electron chi connectivity index (χ1n) is 5.62. The third-order valence-electron chi connectivity index (χ3n) is 2.66. The zero-order chi connectivity index (χ0) is 12.4. The topological polar surface area (TPSA) is 26.5 Å². The lowest BCUT2D eigenvalue weighted by molar-refractivity contribution is 0.308. The van der Waals surface area contributed by atoms with Crippen LogP contribution in [-0.4, -0.2) is 9.38 Å². The van der Waals surface area contributed by atoms with Gasteiger partial charge in [-0.2, -0.15) is 0 Å². The number of benzene rings is 1. The molecule has 0 radical (unpaired) electrons. The summed E-state index contributed by atoms with van der Waals surface area (Å²) in [6, 6.07) is 12.0. The van der Waals surface area contributed by atoms with Gasteiger partial charge in [0.25, 0.3) is 0 Å². The van der Waals surface area contributed by atoms with E-state index in [9.17, 15) is 0 Å². The summed E-state index contributed by atoms with van der Waals surface area (Å²) in [6.07, 6.45) is 5.62. The highest BCUT2D eigenvalue weighted by molar-refractivity contribution is 9.10. The quantitative estimate of drug-likeness (QED) is 0.738. The fraction of sp³-hybridized carbons (Fsp3) is 0.0714. The molecule has 3 aromatic rings. The molecule has 4 heteroatoms. The van der Waals surface area contributed by atoms with E-state index in [0.717, 1.165) is 21.4 Å². The second kappa shape index (κ2) is 4.82. The first-order chi connectivity index (χ1) is 8.83. The predicted molar refractivity (Wildman–Crippen MR) is 73.7 cm³/mol. The van der Waals surface area contributed by atoms with Crippen molar-refractivity contribution in [2.45, 2.75) is 6.61 Å². The molecule has 2 aromatic heterocycles. The number of pyridine rings is 1. The Hall–Kier alpha value is -1.81. The van der Waals surface area contributed by atoms with Gasteiger partial charge in [-0.25, -0.2) is 4.98 Å². The molecule has 3 nitrogen and oxygen atoms in total. The monoisotopic (exact) mass is 302 g/mol. The van der Waals surface area contributed by atoms with Gasteiger partial charge >= 0.3 is 0 Å². The molecule has 0 aliphatic carbocycles. The minimum Gasteiger partial charge on any atom is -0.485 e. The van der Waals surface area contributed by atoms with E-state index >= 15 is 0 Å². The molecule has 0 unspecified atom stereocenters. The Balaban J connectivity index is 1.88. The number of nitrogens with zero attached hydrogens (tertiary/aromatic N) is 2. The van der Waals surface area contributed by atoms with E-state index in [4.69, 9.17) is 4.74 Å². The third-order valence-corrected chi connectivity index (χ3v) is 3.09. The van der Waals surface area contributed by atoms with Crippen molar-refractivity contribution < 1.29 is 4.74 Å². The van der Waals surface area contributed by atoms with Crippen molar-refractivity contribution in [2.24, 2.45) is 0 Å². The van der Waals surface area contributed by atoms with Crippen LogP contribution >= 0.6 is 15.9 Å². The molecule has 0 atom stereocenters. The second-order valence-electron chi connectivity index (χ2n) is 3.95. The third kappa shape index (κ3) is 2.24. The fourth-order valence-corrected chi connectivity index (χ4v) is 2.24. The molecule has 18 heavy (non-hydrogen) atoms. The molecule has 2 heterocycles. The molecule has 90 valence electrons. The number of hydrogen-bond donors (Lipinski definition) is 0. The van der Waals surface area contributed by atoms with E-state index in [2.05, 4.69) is 20.9 Å². The Morgan fingerprint density at radius 3 is 2.89 bits per heavy atom. The summed E-state index contributed by atoms with van der Waals surface area (Å²) in [5, 5.41) is 0. The molecular formula is C14H11BrN2O. The Labute approximate surface area is 113 Å². The summed E-state index contributed by atoms with van der Waals surface area (Å²) < 4.78 is 8.73. The Morgan fingerprint density at radius 2 is 2.06 bits per heavy atom. The molecule has 0 N–H and O–H groups in total. The Bertz CT molecular complexity index is 664. The Kier molecular flexibility index (Phi) is 3.02. The highest BCUT2D eigenvalue weighted by Crippen LogP contribution is 2.24. The van der Waals surface area contributed by atoms with E-state index in [0.29, 0.717) is 6.61 Å². The summed E-state index contributed by atoms with van der Waals surface area (Å²) in [5.74, 6) is 0.776. The standard InChI is InChI=1S/C14H11BrN2O/c15-12-8-13(14-16-6-7-17(14)9-12)18-10-11-4-2-1-3-5-11/h1-9H,10H2. The molecule has 0 aliphatic rings. The molecular weight excluding hydrogens is 292 g/mol. The summed E-state index contributed by atoms with van der Waals surface area (Å²) in [5.41, 5.74) is 1.97. The van der Waals surface area contributed by atoms with Crippen LogP contribution in [0.5, 0.6) is 5.75 Å². The smallest absolute Gasteiger partial charge is 0.179 e. The van der Waals surface area contributed by atoms with Crippen molar-refractivity contribution in [3.63, 3.8) is 0 Å². The maximum Gasteiger partial charge on any atom is 0.179 e. The number of ether oxygens (including phenoxy) is 1. The van der Waals surface area contributed by atoms with Crippen molar-refractivity contribution >= 4 is 21.6 Å². The van der Waals surface area contributed by atoms with Gasteiger partial charge in [-0.15, -0.1) is 0 Å². The maximum absolute atomic E-state index is 5.83. The van der Waals surface area contributed by atoms with Crippen LogP contribution in [-0.2, 0) is 6.61 Å². The van der Waals surface area contributed by atoms with E-state index in [-0.39, 0.29) is 0 Å². The number of imidazole rings is 1. The number of halogens is 1. The van der Waals surface area contributed by atoms with Crippen LogP contribution in [0.25, 0.3) is 5.65 Å². The van der Waals surface area contributed by atoms with Gasteiger partial charge in [-0.05, 0) is 27.6 Å². The van der Waals surface area contributed by atoms with Crippen molar-refractivity contribution in [2.75, 3.05) is 0 Å². The molecule has 0 saturated heterocycles. The normalized spacial score (nSPS) is 10.7. The zero-order valence-corrected chi connectivity index (χ0v) is 11.2. The minimum atomic E-state index is 0.541. The highest BCUT2D eigenvalue weighted by Gasteiger charge is 2.05. The number of fused-ring (bicyclic) bond motifs is 1. The number of rotatable bonds is 3. The van der Waals surface area contributed by atoms with Gasteiger partial charge in [0, 0.05) is 23.1 Å². The lowest BCUT2D eigenvalue weighted by atomic mass is 10.2. The molecule has 0 amide bonds. The fourth-order valence-electron chi connectivity index (χ4n) is 1.81. The van der Waals surface area contributed by atoms with Crippen LogP contribution in [0.15, 0.2) is 59.5 Å². The van der Waals surface area contributed by atoms with Gasteiger partial charge in [0.2, 0.25) is 0 Å². The van der Waals surface area contributed by atoms with E-state index in [1.807, 2.05) is 53.2 Å². The average molecular weight is 303 g/mol. The van der Waals surface area contributed by atoms with Crippen LogP contribution in [0.3, 0.4) is 0 Å². The molecule has 3 rings (SSSR count). The maximum atomic E-state index is 5.83. The van der Waals surface area contributed by atoms with Crippen molar-refractivity contribution in [1.29, 1.82) is 0 Å². The summed E-state index contributed by atoms with van der Waals surface area (Å²) >= 11 is 3.47. The van der Waals surface area contributed by atoms with Crippen LogP contribution in [0, 0.1) is 0 Å². The van der Waals surface area contributed by atoms with Gasteiger partial charge in [-0.1, -0.05) is 30.3 Å². The molecule has 0 fully saturated rings. The van der Waals surface area contributed by atoms with Crippen molar-refractivity contribution in [1.82, 2.24) is 9.38 Å². The molecule has 1 aromatic carbocycles. The number of hydrogen-bond acceptors (Lipinski definition) is 2. The lowest BCUT2D eigenvalue weighted by Crippen LogP contribution is -1.97. The lowest BCUT2D eigenvalue weighted by Gasteiger charge is -2.08. The number of aromatic nitrogens is 2. The van der Waals surface area contributed by atoms with Crippen LogP contribution < -0.4 is 4.74 Å². The zero-order valence-electron chi connectivity index (χ0n) is 9.58. The van der Waals surface area contributed by atoms with Crippen LogP contribution in [0.1, 0.15) is 5.56 Å². The first kappa shape index (κ1) is 11.3. The SMILES string of the molecule is Brc1cc(OCc2ccccc2)c2nccn2c1. The minimum absolute atomic E-state index is 0.541. The first-order valence-corrected chi connectivity index (χ1v) is 6.41. The summed E-state index contributed by atoms with van der Waals surface area (Å²) in [7, 11) is 0. The van der Waals surface area contributed by atoms with E-state index in [1.54, 1.807) is 6.20 Å². The van der Waals surface area contributed by atoms with Gasteiger partial charge in [-0.3, -0.25) is 0 Å². The summed E-state index contributed by atoms with van der Waals surface area (Å²) in [6.45, 7) is 0.541. The van der Waals surface area contributed by atoms with Crippen molar-refractivity contribution in [3.05, 3.63) is 65.0 Å². The van der Waals surface area contributed by atoms with Gasteiger partial charge in [0.05, 0.1) is 0 Å². The molecule has 0 saturated carbocycles. The van der Waals surface area contributed by atoms with Gasteiger partial charge in [0.15, 0.2) is 11.4 Å². The summed E-state index contributed by atoms with van der Waals surface area (Å²) in [4.78, 5) is 4.29. The van der Waals surface area contributed by atoms with Gasteiger partial charge < -0.3 is 9.14 Å². The largest absolute Gasteiger partial charge is 0.485 e. The van der Waals surface area contributed by atoms with E-state index in [1.165, 1.54) is 0 Å². The van der Waals surface area contributed by atoms with Crippen molar-refractivity contribution in [3.8, 4) is 5.75 Å². The predicted octanol–water partition coefficient (Wildman–Crippen LogP) is 3.68. The highest BCUT2D eigenvalue weighted by atomic mass is 79.9. The van der Waals surface area contributed by atoms with Crippen LogP contribution in [0.2, 0.25) is 0 Å². The van der Waals surface area contributed by atoms with Crippen LogP contribution in [0.4, 0.5) is 0 Å². The average Bonchev–Trinajstić information content (AvgIpc) is 2.85. The van der Waals surface area contributed by atoms with E-state index < -0.39 is 0 Å².